The van der Waals surface area contributed by atoms with E-state index in [1.165, 1.54) is 0 Å². The summed E-state index contributed by atoms with van der Waals surface area (Å²) < 4.78 is 7.17. The molecule has 0 N–H and O–H groups in total. The third-order valence-electron chi connectivity index (χ3n) is 3.88. The zero-order valence-electron chi connectivity index (χ0n) is 12.7. The molecule has 1 aromatic carbocycles. The molecule has 122 valence electrons. The van der Waals surface area contributed by atoms with Gasteiger partial charge in [-0.1, -0.05) is 22.5 Å². The number of ketones is 1. The van der Waals surface area contributed by atoms with E-state index in [9.17, 15) is 4.79 Å². The van der Waals surface area contributed by atoms with Crippen LogP contribution in [0.3, 0.4) is 0 Å². The van der Waals surface area contributed by atoms with E-state index in [1.54, 1.807) is 0 Å². The maximum absolute atomic E-state index is 12.2. The van der Waals surface area contributed by atoms with Crippen molar-refractivity contribution in [2.75, 3.05) is 5.88 Å². The van der Waals surface area contributed by atoms with E-state index in [-0.39, 0.29) is 5.78 Å². The topological polar surface area (TPSA) is 40.5 Å². The predicted octanol–water partition coefficient (Wildman–Crippen LogP) is 4.60. The Labute approximate surface area is 145 Å². The van der Waals surface area contributed by atoms with Gasteiger partial charge in [0.15, 0.2) is 23.8 Å². The minimum absolute atomic E-state index is 0.0986. The molecule has 1 heterocycles. The maximum atomic E-state index is 12.2. The average Bonchev–Trinajstić information content (AvgIpc) is 2.95. The van der Waals surface area contributed by atoms with Gasteiger partial charge in [-0.25, -0.2) is 0 Å². The van der Waals surface area contributed by atoms with Crippen molar-refractivity contribution in [3.8, 4) is 5.75 Å². The van der Waals surface area contributed by atoms with E-state index < -0.39 is 0 Å². The highest BCUT2D eigenvalue weighted by Crippen LogP contribution is 2.31. The van der Waals surface area contributed by atoms with Gasteiger partial charge in [0, 0.05) is 29.8 Å². The van der Waals surface area contributed by atoms with E-state index in [2.05, 4.69) is 0 Å². The number of fused-ring (bicyclic) bond motifs is 1. The molecule has 0 saturated carbocycles. The molecule has 3 rings (SSSR count). The van der Waals surface area contributed by atoms with Gasteiger partial charge >= 0.3 is 0 Å². The number of para-hydroxylation sites is 1. The number of Topliss-reactive ketones (excluding diaryl/α,β-unsaturated/α-hetero) is 1. The normalized spacial score (nSPS) is 13.6. The summed E-state index contributed by atoms with van der Waals surface area (Å²) in [6.45, 7) is 0. The Morgan fingerprint density at radius 2 is 2.00 bits per heavy atom. The second-order valence-electron chi connectivity index (χ2n) is 5.40. The summed E-state index contributed by atoms with van der Waals surface area (Å²) in [6, 6.07) is 9.31. The number of aromatic nitrogens is 1. The van der Waals surface area contributed by atoms with Crippen molar-refractivity contribution >= 4 is 29.6 Å². The molecule has 23 heavy (non-hydrogen) atoms. The summed E-state index contributed by atoms with van der Waals surface area (Å²) in [5.41, 5.74) is 3.06. The van der Waals surface area contributed by atoms with Crippen molar-refractivity contribution < 1.29 is 14.0 Å². The van der Waals surface area contributed by atoms with Crippen molar-refractivity contribution in [1.29, 1.82) is 0 Å². The van der Waals surface area contributed by atoms with Crippen LogP contribution in [-0.2, 0) is 17.2 Å². The minimum atomic E-state index is 0.0986. The molecule has 1 aliphatic carbocycles. The third-order valence-corrected chi connectivity index (χ3v) is 4.69. The number of nitrogens with zero attached hydrogens (tertiary/aromatic N) is 1. The Morgan fingerprint density at radius 1 is 1.22 bits per heavy atom. The van der Waals surface area contributed by atoms with Crippen LogP contribution in [0, 0.1) is 0 Å². The first-order valence-electron chi connectivity index (χ1n) is 7.68. The highest BCUT2D eigenvalue weighted by atomic mass is 35.5. The standard InChI is InChI=1S/C17H18ClNO3S/c18-11-10-17(20)15-12-19(16-9-5-4-8-14(15)16)23-22-21-13-6-2-1-3-7-13/h1-3,6-7,12H,4-5,8-11H2. The molecule has 1 aliphatic rings. The summed E-state index contributed by atoms with van der Waals surface area (Å²) in [5, 5.41) is 0. The van der Waals surface area contributed by atoms with Gasteiger partial charge in [-0.2, -0.15) is 0 Å². The lowest BCUT2D eigenvalue weighted by atomic mass is 9.93. The fraction of sp³-hybridized carbons (Fsp3) is 0.353. The number of hydrogen-bond donors (Lipinski definition) is 0. The zero-order chi connectivity index (χ0) is 16.1. The largest absolute Gasteiger partial charge is 0.324 e. The lowest BCUT2D eigenvalue weighted by molar-refractivity contribution is -0.0787. The molecule has 0 radical (unpaired) electrons. The van der Waals surface area contributed by atoms with Gasteiger partial charge < -0.3 is 4.89 Å². The van der Waals surface area contributed by atoms with Gasteiger partial charge in [0.05, 0.1) is 0 Å². The number of hydrogen-bond acceptors (Lipinski definition) is 4. The van der Waals surface area contributed by atoms with Gasteiger partial charge in [-0.05, 0) is 43.4 Å². The second kappa shape index (κ2) is 7.90. The van der Waals surface area contributed by atoms with Crippen molar-refractivity contribution in [2.45, 2.75) is 32.1 Å². The number of alkyl halides is 1. The smallest absolute Gasteiger partial charge is 0.169 e. The monoisotopic (exact) mass is 351 g/mol. The maximum Gasteiger partial charge on any atom is 0.169 e. The lowest BCUT2D eigenvalue weighted by Crippen LogP contribution is -2.08. The molecule has 0 unspecified atom stereocenters. The van der Waals surface area contributed by atoms with E-state index in [0.29, 0.717) is 18.1 Å². The fourth-order valence-corrected chi connectivity index (χ4v) is 3.57. The highest BCUT2D eigenvalue weighted by Gasteiger charge is 2.23. The number of carbonyl (C=O) groups is 1. The van der Waals surface area contributed by atoms with Gasteiger partial charge in [-0.15, -0.1) is 11.6 Å². The minimum Gasteiger partial charge on any atom is -0.324 e. The Bertz CT molecular complexity index is 672. The van der Waals surface area contributed by atoms with Gasteiger partial charge in [-0.3, -0.25) is 8.77 Å². The van der Waals surface area contributed by atoms with Crippen LogP contribution in [0.15, 0.2) is 36.5 Å². The molecule has 0 aliphatic heterocycles. The van der Waals surface area contributed by atoms with E-state index in [4.69, 9.17) is 20.8 Å². The van der Waals surface area contributed by atoms with E-state index >= 15 is 0 Å². The van der Waals surface area contributed by atoms with Gasteiger partial charge in [0.1, 0.15) is 0 Å². The summed E-state index contributed by atoms with van der Waals surface area (Å²) in [7, 11) is 0. The summed E-state index contributed by atoms with van der Waals surface area (Å²) in [4.78, 5) is 17.5. The second-order valence-corrected chi connectivity index (χ2v) is 6.46. The molecule has 0 spiro atoms. The van der Waals surface area contributed by atoms with Crippen molar-refractivity contribution in [3.63, 3.8) is 0 Å². The van der Waals surface area contributed by atoms with Crippen LogP contribution >= 0.6 is 23.8 Å². The van der Waals surface area contributed by atoms with Crippen molar-refractivity contribution in [1.82, 2.24) is 3.97 Å². The zero-order valence-corrected chi connectivity index (χ0v) is 14.2. The molecular formula is C17H18ClNO3S. The van der Waals surface area contributed by atoms with E-state index in [1.807, 2.05) is 40.5 Å². The third kappa shape index (κ3) is 3.91. The van der Waals surface area contributed by atoms with Gasteiger partial charge in [0.2, 0.25) is 0 Å². The number of rotatable bonds is 7. The van der Waals surface area contributed by atoms with Crippen LogP contribution in [0.25, 0.3) is 0 Å². The number of carbonyl (C=O) groups excluding carboxylic acids is 1. The molecule has 0 fully saturated rings. The Hall–Kier alpha value is -1.43. The first-order valence-corrected chi connectivity index (χ1v) is 8.92. The Balaban J connectivity index is 1.72. The van der Waals surface area contributed by atoms with Crippen LogP contribution in [-0.4, -0.2) is 15.6 Å². The molecule has 2 aromatic rings. The van der Waals surface area contributed by atoms with Crippen LogP contribution < -0.4 is 4.89 Å². The quantitative estimate of drug-likeness (QED) is 0.240. The molecule has 0 amide bonds. The lowest BCUT2D eigenvalue weighted by Gasteiger charge is -2.14. The van der Waals surface area contributed by atoms with Crippen LogP contribution in [0.1, 0.15) is 40.9 Å². The molecule has 1 aromatic heterocycles. The van der Waals surface area contributed by atoms with Crippen molar-refractivity contribution in [3.05, 3.63) is 53.3 Å². The summed E-state index contributed by atoms with van der Waals surface area (Å²) in [6.07, 6.45) is 6.34. The Morgan fingerprint density at radius 3 is 2.78 bits per heavy atom. The fourth-order valence-electron chi connectivity index (χ4n) is 2.79. The Kier molecular flexibility index (Phi) is 5.65. The average molecular weight is 352 g/mol. The SMILES string of the molecule is O=C(CCCl)c1cn(SOOc2ccccc2)c2c1CCCC2. The van der Waals surface area contributed by atoms with Crippen LogP contribution in [0.4, 0.5) is 0 Å². The molecule has 4 nitrogen and oxygen atoms in total. The van der Waals surface area contributed by atoms with Crippen LogP contribution in [0.2, 0.25) is 0 Å². The first-order chi connectivity index (χ1) is 11.3. The highest BCUT2D eigenvalue weighted by molar-refractivity contribution is 7.93. The summed E-state index contributed by atoms with van der Waals surface area (Å²) >= 11 is 6.81. The van der Waals surface area contributed by atoms with E-state index in [0.717, 1.165) is 54.7 Å². The molecule has 0 atom stereocenters. The van der Waals surface area contributed by atoms with Crippen molar-refractivity contribution in [2.24, 2.45) is 0 Å². The van der Waals surface area contributed by atoms with Crippen LogP contribution in [0.5, 0.6) is 5.75 Å². The summed E-state index contributed by atoms with van der Waals surface area (Å²) in [5.74, 6) is 1.08. The molecule has 0 bridgehead atoms. The predicted molar refractivity (Wildman–Crippen MR) is 91.9 cm³/mol. The van der Waals surface area contributed by atoms with Gasteiger partial charge in [0.25, 0.3) is 0 Å². The first kappa shape index (κ1) is 16.4. The number of benzene rings is 1. The molecule has 6 heteroatoms. The molecule has 0 saturated heterocycles. The number of halogens is 1. The molecular weight excluding hydrogens is 334 g/mol.